The molecule has 4 heterocycles. The molecule has 2 bridgehead atoms. The lowest BCUT2D eigenvalue weighted by atomic mass is 10.0. The van der Waals surface area contributed by atoms with Gasteiger partial charge in [-0.15, -0.1) is 5.10 Å². The fraction of sp³-hybridized carbons (Fsp3) is 0.607. The van der Waals surface area contributed by atoms with E-state index in [4.69, 9.17) is 4.74 Å². The number of ether oxygens (including phenoxy) is 1. The number of fused-ring (bicyclic) bond motifs is 3. The molecule has 3 saturated heterocycles. The van der Waals surface area contributed by atoms with Crippen molar-refractivity contribution in [3.05, 3.63) is 29.3 Å². The van der Waals surface area contributed by atoms with Gasteiger partial charge >= 0.3 is 6.09 Å². The van der Waals surface area contributed by atoms with Crippen molar-refractivity contribution in [3.8, 4) is 17.5 Å². The van der Waals surface area contributed by atoms with Gasteiger partial charge < -0.3 is 19.9 Å². The lowest BCUT2D eigenvalue weighted by Crippen LogP contribution is -2.59. The van der Waals surface area contributed by atoms with Crippen LogP contribution in [0.15, 0.2) is 18.2 Å². The topological polar surface area (TPSA) is 160 Å². The number of tetrazole rings is 1. The average molecular weight is 562 g/mol. The van der Waals surface area contributed by atoms with Gasteiger partial charge in [0.2, 0.25) is 11.8 Å². The van der Waals surface area contributed by atoms with E-state index in [0.29, 0.717) is 31.8 Å². The first-order valence-electron chi connectivity index (χ1n) is 14.3. The van der Waals surface area contributed by atoms with E-state index in [-0.39, 0.29) is 36.5 Å². The summed E-state index contributed by atoms with van der Waals surface area (Å²) < 4.78 is 5.44. The summed E-state index contributed by atoms with van der Waals surface area (Å²) in [4.78, 5) is 45.6. The van der Waals surface area contributed by atoms with Crippen LogP contribution in [0, 0.1) is 11.3 Å². The van der Waals surface area contributed by atoms with Crippen LogP contribution in [0.25, 0.3) is 11.4 Å². The molecule has 3 aliphatic heterocycles. The highest BCUT2D eigenvalue weighted by atomic mass is 16.6. The molecule has 0 spiro atoms. The number of aromatic amines is 1. The molecule has 3 unspecified atom stereocenters. The Kier molecular flexibility index (Phi) is 6.89. The second-order valence-electron chi connectivity index (χ2n) is 12.3. The lowest BCUT2D eigenvalue weighted by molar-refractivity contribution is -0.141. The molecule has 13 heteroatoms. The highest BCUT2D eigenvalue weighted by molar-refractivity contribution is 5.88. The minimum Gasteiger partial charge on any atom is -0.444 e. The molecule has 1 aromatic carbocycles. The van der Waals surface area contributed by atoms with Gasteiger partial charge in [0.25, 0.3) is 0 Å². The van der Waals surface area contributed by atoms with E-state index in [9.17, 15) is 19.6 Å². The Morgan fingerprint density at radius 2 is 2.10 bits per heavy atom. The molecule has 13 nitrogen and oxygen atoms in total. The number of piperazine rings is 1. The molecule has 0 radical (unpaired) electrons. The minimum atomic E-state index is -0.921. The van der Waals surface area contributed by atoms with Crippen molar-refractivity contribution in [1.29, 1.82) is 5.26 Å². The van der Waals surface area contributed by atoms with Gasteiger partial charge in [-0.25, -0.2) is 9.89 Å². The number of likely N-dealkylation sites (tertiary alicyclic amines) is 3. The van der Waals surface area contributed by atoms with E-state index >= 15 is 0 Å². The summed E-state index contributed by atoms with van der Waals surface area (Å²) in [5.74, 6) is 0.360. The Morgan fingerprint density at radius 1 is 1.27 bits per heavy atom. The van der Waals surface area contributed by atoms with E-state index in [1.165, 1.54) is 5.56 Å². The van der Waals surface area contributed by atoms with E-state index in [2.05, 4.69) is 44.1 Å². The molecule has 5 atom stereocenters. The monoisotopic (exact) mass is 561 g/mol. The highest BCUT2D eigenvalue weighted by Gasteiger charge is 2.53. The quantitative estimate of drug-likeness (QED) is 0.533. The molecule has 1 aliphatic carbocycles. The fourth-order valence-corrected chi connectivity index (χ4v) is 6.85. The standard InChI is InChI=1S/C28H35N9O4/c1-28(2,3)41-27(40)30-21(25(38)36-10-4-5-18(36)13-29)15-35-14-19-12-23(35)26(39)37(19)22-9-7-16-11-17(6-8-20(16)22)24-31-33-34-32-24/h6,8,11,18-19,21-23H,4-5,7,9-10,12,14-15H2,1-3H3,(H,30,40)(H,31,32,33,34)/t18?,19-,21?,22-,23?/m0/s1. The van der Waals surface area contributed by atoms with E-state index in [1.54, 1.807) is 25.7 Å². The Morgan fingerprint density at radius 3 is 2.80 bits per heavy atom. The van der Waals surface area contributed by atoms with Crippen molar-refractivity contribution in [2.24, 2.45) is 0 Å². The number of rotatable bonds is 6. The number of aryl methyl sites for hydroxylation is 1. The van der Waals surface area contributed by atoms with E-state index < -0.39 is 23.8 Å². The molecule has 3 fully saturated rings. The summed E-state index contributed by atoms with van der Waals surface area (Å²) in [6.07, 6.45) is 3.07. The number of carbonyl (C=O) groups excluding carboxylic acids is 3. The zero-order valence-electron chi connectivity index (χ0n) is 23.5. The average Bonchev–Trinajstić information content (AvgIpc) is 3.74. The van der Waals surface area contributed by atoms with Crippen LogP contribution in [0.2, 0.25) is 0 Å². The van der Waals surface area contributed by atoms with Gasteiger partial charge in [-0.05, 0) is 80.5 Å². The van der Waals surface area contributed by atoms with Gasteiger partial charge in [0.1, 0.15) is 17.7 Å². The number of nitrogens with zero attached hydrogens (tertiary/aromatic N) is 7. The predicted octanol–water partition coefficient (Wildman–Crippen LogP) is 1.55. The van der Waals surface area contributed by atoms with Gasteiger partial charge in [0.15, 0.2) is 5.82 Å². The van der Waals surface area contributed by atoms with Gasteiger partial charge in [-0.3, -0.25) is 14.5 Å². The van der Waals surface area contributed by atoms with Gasteiger partial charge in [-0.1, -0.05) is 12.1 Å². The summed E-state index contributed by atoms with van der Waals surface area (Å²) in [5.41, 5.74) is 2.54. The van der Waals surface area contributed by atoms with Gasteiger partial charge in [0, 0.05) is 31.2 Å². The summed E-state index contributed by atoms with van der Waals surface area (Å²) in [6.45, 7) is 6.55. The molecular formula is C28H35N9O4. The number of nitriles is 1. The van der Waals surface area contributed by atoms with Crippen molar-refractivity contribution < 1.29 is 19.1 Å². The zero-order chi connectivity index (χ0) is 28.9. The van der Waals surface area contributed by atoms with Crippen LogP contribution in [0.5, 0.6) is 0 Å². The number of aromatic nitrogens is 4. The second-order valence-corrected chi connectivity index (χ2v) is 12.3. The molecule has 2 aromatic rings. The predicted molar refractivity (Wildman–Crippen MR) is 145 cm³/mol. The Bertz CT molecular complexity index is 1380. The van der Waals surface area contributed by atoms with Crippen LogP contribution in [0.4, 0.5) is 4.79 Å². The Hall–Kier alpha value is -4.05. The maximum absolute atomic E-state index is 13.7. The van der Waals surface area contributed by atoms with E-state index in [0.717, 1.165) is 30.4 Å². The van der Waals surface area contributed by atoms with Crippen LogP contribution < -0.4 is 5.32 Å². The number of nitrogens with one attached hydrogen (secondary N) is 2. The van der Waals surface area contributed by atoms with Crippen LogP contribution >= 0.6 is 0 Å². The third kappa shape index (κ3) is 5.12. The maximum Gasteiger partial charge on any atom is 0.408 e. The summed E-state index contributed by atoms with van der Waals surface area (Å²) in [6, 6.07) is 6.59. The van der Waals surface area contributed by atoms with Crippen LogP contribution in [0.1, 0.15) is 63.6 Å². The highest BCUT2D eigenvalue weighted by Crippen LogP contribution is 2.44. The first kappa shape index (κ1) is 27.1. The van der Waals surface area contributed by atoms with E-state index in [1.807, 2.05) is 15.9 Å². The summed E-state index contributed by atoms with van der Waals surface area (Å²) in [7, 11) is 0. The minimum absolute atomic E-state index is 0.00913. The molecule has 6 rings (SSSR count). The van der Waals surface area contributed by atoms with Gasteiger partial charge in [-0.2, -0.15) is 5.26 Å². The van der Waals surface area contributed by atoms with Crippen LogP contribution in [0.3, 0.4) is 0 Å². The molecular weight excluding hydrogens is 526 g/mol. The van der Waals surface area contributed by atoms with Crippen LogP contribution in [-0.2, 0) is 20.7 Å². The first-order valence-corrected chi connectivity index (χ1v) is 14.3. The zero-order valence-corrected chi connectivity index (χ0v) is 23.5. The SMILES string of the molecule is CC(C)(C)OC(=O)NC(CN1C[C@@H]2CC1C(=O)N2[C@H]1CCc2cc(-c3nnn[nH]3)ccc21)C(=O)N1CCCC1C#N. The Labute approximate surface area is 238 Å². The second kappa shape index (κ2) is 10.4. The third-order valence-electron chi connectivity index (χ3n) is 8.55. The molecule has 4 aliphatic rings. The number of hydrogen-bond donors (Lipinski definition) is 2. The number of hydrogen-bond acceptors (Lipinski definition) is 9. The third-order valence-corrected chi connectivity index (χ3v) is 8.55. The van der Waals surface area contributed by atoms with Crippen molar-refractivity contribution in [2.45, 2.75) is 88.7 Å². The van der Waals surface area contributed by atoms with Crippen molar-refractivity contribution in [3.63, 3.8) is 0 Å². The molecule has 41 heavy (non-hydrogen) atoms. The normalized spacial score (nSPS) is 26.2. The van der Waals surface area contributed by atoms with Crippen molar-refractivity contribution in [2.75, 3.05) is 19.6 Å². The number of benzene rings is 1. The molecule has 1 aromatic heterocycles. The fourth-order valence-electron chi connectivity index (χ4n) is 6.85. The summed E-state index contributed by atoms with van der Waals surface area (Å²) in [5, 5.41) is 26.4. The molecule has 0 saturated carbocycles. The number of carbonyl (C=O) groups is 3. The molecule has 216 valence electrons. The first-order chi connectivity index (χ1) is 19.6. The number of amides is 3. The smallest absolute Gasteiger partial charge is 0.408 e. The van der Waals surface area contributed by atoms with Gasteiger partial charge in [0.05, 0.1) is 18.2 Å². The van der Waals surface area contributed by atoms with Crippen molar-refractivity contribution >= 4 is 17.9 Å². The Balaban J connectivity index is 1.16. The molecule has 2 N–H and O–H groups in total. The summed E-state index contributed by atoms with van der Waals surface area (Å²) >= 11 is 0. The lowest BCUT2D eigenvalue weighted by Gasteiger charge is -2.39. The largest absolute Gasteiger partial charge is 0.444 e. The number of H-pyrrole nitrogens is 1. The number of alkyl carbamates (subject to hydrolysis) is 1. The van der Waals surface area contributed by atoms with Crippen LogP contribution in [-0.4, -0.2) is 103 Å². The van der Waals surface area contributed by atoms with Crippen molar-refractivity contribution in [1.82, 2.24) is 40.6 Å². The molecule has 3 amide bonds. The maximum atomic E-state index is 13.7.